The molecule has 0 aromatic heterocycles. The fourth-order valence-corrected chi connectivity index (χ4v) is 3.81. The highest BCUT2D eigenvalue weighted by molar-refractivity contribution is 7.92. The Hall–Kier alpha value is -2.81. The van der Waals surface area contributed by atoms with Gasteiger partial charge in [-0.15, -0.1) is 0 Å². The molecule has 0 radical (unpaired) electrons. The van der Waals surface area contributed by atoms with E-state index in [2.05, 4.69) is 5.32 Å². The number of nitrogens with one attached hydrogen (secondary N) is 1. The number of halogens is 1. The molecule has 1 amide bonds. The number of rotatable bonds is 11. The van der Waals surface area contributed by atoms with Gasteiger partial charge in [-0.2, -0.15) is 0 Å². The lowest BCUT2D eigenvalue weighted by Crippen LogP contribution is -2.37. The maximum atomic E-state index is 14.0. The summed E-state index contributed by atoms with van der Waals surface area (Å²) in [6, 6.07) is 12.6. The Labute approximate surface area is 176 Å². The number of ether oxygens (including phenoxy) is 2. The number of amides is 1. The minimum atomic E-state index is -3.68. The van der Waals surface area contributed by atoms with E-state index in [9.17, 15) is 17.6 Å². The molecule has 0 aliphatic carbocycles. The summed E-state index contributed by atoms with van der Waals surface area (Å²) in [6.07, 6.45) is 1.35. The highest BCUT2D eigenvalue weighted by atomic mass is 32.2. The van der Waals surface area contributed by atoms with Gasteiger partial charge in [-0.25, -0.2) is 12.8 Å². The fraction of sp³-hybridized carbons (Fsp3) is 0.381. The lowest BCUT2D eigenvalue weighted by molar-refractivity contribution is -0.121. The monoisotopic (exact) mass is 438 g/mol. The summed E-state index contributed by atoms with van der Waals surface area (Å²) >= 11 is 0. The number of hydrogen-bond donors (Lipinski definition) is 1. The highest BCUT2D eigenvalue weighted by Crippen LogP contribution is 2.25. The van der Waals surface area contributed by atoms with Gasteiger partial charge in [-0.1, -0.05) is 24.3 Å². The topological polar surface area (TPSA) is 84.9 Å². The number of sulfonamides is 1. The molecule has 0 heterocycles. The van der Waals surface area contributed by atoms with E-state index in [1.165, 1.54) is 18.2 Å². The molecule has 1 atom stereocenters. The van der Waals surface area contributed by atoms with Crippen molar-refractivity contribution in [2.24, 2.45) is 0 Å². The first kappa shape index (κ1) is 23.5. The molecule has 0 aliphatic heterocycles. The minimum absolute atomic E-state index is 0.000712. The Morgan fingerprint density at radius 2 is 1.77 bits per heavy atom. The van der Waals surface area contributed by atoms with Gasteiger partial charge in [-0.05, 0) is 37.6 Å². The Bertz CT molecular complexity index is 952. The quantitative estimate of drug-likeness (QED) is 0.583. The van der Waals surface area contributed by atoms with Crippen LogP contribution < -0.4 is 19.1 Å². The maximum Gasteiger partial charge on any atom is 0.232 e. The standard InChI is InChI=1S/C21H27FN2O5S/c1-16(15-29-20-12-7-6-11-19(20)28-2)23-21(25)13-8-14-24(30(3,26)27)18-10-5-4-9-17(18)22/h4-7,9-12,16H,8,13-15H2,1-3H3,(H,23,25)/t16-/m0/s1. The van der Waals surface area contributed by atoms with Crippen LogP contribution in [-0.2, 0) is 14.8 Å². The predicted octanol–water partition coefficient (Wildman–Crippen LogP) is 2.96. The molecular formula is C21H27FN2O5S. The summed E-state index contributed by atoms with van der Waals surface area (Å²) in [5.74, 6) is 0.308. The number of para-hydroxylation sites is 3. The van der Waals surface area contributed by atoms with Gasteiger partial charge in [0.25, 0.3) is 0 Å². The van der Waals surface area contributed by atoms with Gasteiger partial charge < -0.3 is 14.8 Å². The number of hydrogen-bond acceptors (Lipinski definition) is 5. The van der Waals surface area contributed by atoms with E-state index >= 15 is 0 Å². The van der Waals surface area contributed by atoms with Crippen molar-refractivity contribution in [1.82, 2.24) is 5.32 Å². The van der Waals surface area contributed by atoms with Crippen molar-refractivity contribution in [1.29, 1.82) is 0 Å². The molecule has 7 nitrogen and oxygen atoms in total. The van der Waals surface area contributed by atoms with Crippen LogP contribution in [-0.4, -0.2) is 46.9 Å². The zero-order valence-electron chi connectivity index (χ0n) is 17.3. The van der Waals surface area contributed by atoms with Gasteiger partial charge in [0.1, 0.15) is 12.4 Å². The van der Waals surface area contributed by atoms with Crippen LogP contribution in [0.15, 0.2) is 48.5 Å². The number of carbonyl (C=O) groups is 1. The van der Waals surface area contributed by atoms with E-state index in [1.807, 2.05) is 12.1 Å². The molecule has 0 saturated heterocycles. The largest absolute Gasteiger partial charge is 0.493 e. The molecule has 0 fully saturated rings. The average Bonchev–Trinajstić information content (AvgIpc) is 2.70. The molecule has 0 spiro atoms. The van der Waals surface area contributed by atoms with Crippen LogP contribution in [0.2, 0.25) is 0 Å². The van der Waals surface area contributed by atoms with Crippen molar-refractivity contribution < 1.29 is 27.1 Å². The number of carbonyl (C=O) groups excluding carboxylic acids is 1. The second-order valence-corrected chi connectivity index (χ2v) is 8.73. The molecule has 9 heteroatoms. The van der Waals surface area contributed by atoms with E-state index in [0.29, 0.717) is 11.5 Å². The van der Waals surface area contributed by atoms with Crippen molar-refractivity contribution in [3.8, 4) is 11.5 Å². The molecule has 2 aromatic carbocycles. The summed E-state index contributed by atoms with van der Waals surface area (Å²) in [7, 11) is -2.13. The normalized spacial score (nSPS) is 12.1. The molecule has 2 aromatic rings. The van der Waals surface area contributed by atoms with E-state index in [1.54, 1.807) is 32.2 Å². The molecule has 2 rings (SSSR count). The number of methoxy groups -OCH3 is 1. The van der Waals surface area contributed by atoms with Crippen molar-refractivity contribution >= 4 is 21.6 Å². The second-order valence-electron chi connectivity index (χ2n) is 6.82. The first-order valence-corrected chi connectivity index (χ1v) is 11.3. The van der Waals surface area contributed by atoms with Crippen LogP contribution in [0.4, 0.5) is 10.1 Å². The van der Waals surface area contributed by atoms with Crippen LogP contribution >= 0.6 is 0 Å². The van der Waals surface area contributed by atoms with Crippen LogP contribution in [0.25, 0.3) is 0 Å². The Morgan fingerprint density at radius 1 is 1.13 bits per heavy atom. The van der Waals surface area contributed by atoms with Crippen molar-refractivity contribution in [3.05, 3.63) is 54.3 Å². The number of anilines is 1. The van der Waals surface area contributed by atoms with Crippen molar-refractivity contribution in [2.45, 2.75) is 25.8 Å². The highest BCUT2D eigenvalue weighted by Gasteiger charge is 2.20. The zero-order valence-corrected chi connectivity index (χ0v) is 18.1. The Balaban J connectivity index is 1.83. The third-order valence-corrected chi connectivity index (χ3v) is 5.43. The number of nitrogens with zero attached hydrogens (tertiary/aromatic N) is 1. The molecule has 30 heavy (non-hydrogen) atoms. The molecule has 0 bridgehead atoms. The molecular weight excluding hydrogens is 411 g/mol. The first-order chi connectivity index (χ1) is 14.2. The van der Waals surface area contributed by atoms with Gasteiger partial charge in [0, 0.05) is 13.0 Å². The second kappa shape index (κ2) is 10.8. The number of benzene rings is 2. The van der Waals surface area contributed by atoms with Crippen LogP contribution in [0.1, 0.15) is 19.8 Å². The summed E-state index contributed by atoms with van der Waals surface area (Å²) in [5, 5.41) is 2.80. The van der Waals surface area contributed by atoms with Gasteiger partial charge >= 0.3 is 0 Å². The summed E-state index contributed by atoms with van der Waals surface area (Å²) in [4.78, 5) is 12.2. The smallest absolute Gasteiger partial charge is 0.232 e. The van der Waals surface area contributed by atoms with Crippen LogP contribution in [0.5, 0.6) is 11.5 Å². The molecule has 0 unspecified atom stereocenters. The van der Waals surface area contributed by atoms with Gasteiger partial charge in [-0.3, -0.25) is 9.10 Å². The fourth-order valence-electron chi connectivity index (χ4n) is 2.84. The van der Waals surface area contributed by atoms with Crippen LogP contribution in [0.3, 0.4) is 0 Å². The SMILES string of the molecule is COc1ccccc1OC[C@H](C)NC(=O)CCCN(c1ccccc1F)S(C)(=O)=O. The van der Waals surface area contributed by atoms with Gasteiger partial charge in [0.05, 0.1) is 25.1 Å². The van der Waals surface area contributed by atoms with E-state index < -0.39 is 15.8 Å². The molecule has 0 aliphatic rings. The lowest BCUT2D eigenvalue weighted by Gasteiger charge is -2.23. The van der Waals surface area contributed by atoms with E-state index in [0.717, 1.165) is 10.6 Å². The molecule has 164 valence electrons. The van der Waals surface area contributed by atoms with Gasteiger partial charge in [0.2, 0.25) is 15.9 Å². The summed E-state index contributed by atoms with van der Waals surface area (Å²) in [6.45, 7) is 2.05. The maximum absolute atomic E-state index is 14.0. The average molecular weight is 439 g/mol. The predicted molar refractivity (Wildman–Crippen MR) is 114 cm³/mol. The van der Waals surface area contributed by atoms with E-state index in [4.69, 9.17) is 9.47 Å². The van der Waals surface area contributed by atoms with Crippen LogP contribution in [0, 0.1) is 5.82 Å². The third kappa shape index (κ3) is 6.91. The molecule has 1 N–H and O–H groups in total. The lowest BCUT2D eigenvalue weighted by atomic mass is 10.2. The first-order valence-electron chi connectivity index (χ1n) is 9.49. The van der Waals surface area contributed by atoms with E-state index in [-0.39, 0.29) is 43.6 Å². The summed E-state index contributed by atoms with van der Waals surface area (Å²) < 4.78 is 50.0. The Kier molecular flexibility index (Phi) is 8.46. The minimum Gasteiger partial charge on any atom is -0.493 e. The molecule has 0 saturated carbocycles. The van der Waals surface area contributed by atoms with Gasteiger partial charge in [0.15, 0.2) is 11.5 Å². The van der Waals surface area contributed by atoms with Crippen molar-refractivity contribution in [3.63, 3.8) is 0 Å². The summed E-state index contributed by atoms with van der Waals surface area (Å²) in [5.41, 5.74) is -0.0287. The Morgan fingerprint density at radius 3 is 2.40 bits per heavy atom. The van der Waals surface area contributed by atoms with Crippen molar-refractivity contribution in [2.75, 3.05) is 30.8 Å². The zero-order chi connectivity index (χ0) is 22.1. The third-order valence-electron chi connectivity index (χ3n) is 4.25.